The molecule has 0 saturated heterocycles. The minimum absolute atomic E-state index is 0.102. The summed E-state index contributed by atoms with van der Waals surface area (Å²) in [6, 6.07) is 8.84. The number of hydrogen-bond acceptors (Lipinski definition) is 5. The van der Waals surface area contributed by atoms with Crippen LogP contribution in [0, 0.1) is 13.8 Å². The molecule has 27 heavy (non-hydrogen) atoms. The fourth-order valence-electron chi connectivity index (χ4n) is 2.37. The number of aromatic nitrogens is 3. The van der Waals surface area contributed by atoms with E-state index in [2.05, 4.69) is 52.4 Å². The number of phenolic OH excluding ortho intramolecular Hbond substituents is 1. The van der Waals surface area contributed by atoms with Crippen molar-refractivity contribution in [2.24, 2.45) is 0 Å². The molecule has 0 unspecified atom stereocenters. The molecule has 0 radical (unpaired) electrons. The van der Waals surface area contributed by atoms with Crippen molar-refractivity contribution in [2.75, 3.05) is 11.1 Å². The Labute approximate surface area is 177 Å². The highest BCUT2D eigenvalue weighted by Gasteiger charge is 2.13. The van der Waals surface area contributed by atoms with Crippen LogP contribution in [0.25, 0.3) is 11.4 Å². The third-order valence-electron chi connectivity index (χ3n) is 4.01. The van der Waals surface area contributed by atoms with Gasteiger partial charge < -0.3 is 10.4 Å². The predicted molar refractivity (Wildman–Crippen MR) is 114 cm³/mol. The van der Waals surface area contributed by atoms with Crippen molar-refractivity contribution < 1.29 is 9.90 Å². The summed E-state index contributed by atoms with van der Waals surface area (Å²) >= 11 is 8.06. The zero-order chi connectivity index (χ0) is 19.6. The summed E-state index contributed by atoms with van der Waals surface area (Å²) < 4.78 is 1.83. The number of nitrogens with one attached hydrogen (secondary N) is 2. The van der Waals surface area contributed by atoms with Crippen molar-refractivity contribution in [1.29, 1.82) is 0 Å². The van der Waals surface area contributed by atoms with Crippen molar-refractivity contribution >= 4 is 55.2 Å². The maximum Gasteiger partial charge on any atom is 0.234 e. The van der Waals surface area contributed by atoms with Gasteiger partial charge in [-0.2, -0.15) is 0 Å². The van der Waals surface area contributed by atoms with E-state index in [1.807, 2.05) is 26.0 Å². The van der Waals surface area contributed by atoms with Gasteiger partial charge in [0.05, 0.1) is 11.3 Å². The summed E-state index contributed by atoms with van der Waals surface area (Å²) in [6.07, 6.45) is 0. The summed E-state index contributed by atoms with van der Waals surface area (Å²) in [7, 11) is 0. The average molecular weight is 512 g/mol. The van der Waals surface area contributed by atoms with E-state index in [0.717, 1.165) is 25.8 Å². The van der Waals surface area contributed by atoms with E-state index in [1.165, 1.54) is 11.8 Å². The van der Waals surface area contributed by atoms with Crippen LogP contribution in [-0.2, 0) is 4.79 Å². The summed E-state index contributed by atoms with van der Waals surface area (Å²) in [6.45, 7) is 3.96. The molecule has 0 saturated carbocycles. The van der Waals surface area contributed by atoms with Crippen LogP contribution in [-0.4, -0.2) is 31.9 Å². The van der Waals surface area contributed by atoms with Gasteiger partial charge in [0.15, 0.2) is 5.82 Å². The van der Waals surface area contributed by atoms with Crippen molar-refractivity contribution in [1.82, 2.24) is 15.2 Å². The Bertz CT molecular complexity index is 1010. The number of aromatic hydroxyl groups is 1. The average Bonchev–Trinajstić information content (AvgIpc) is 3.11. The Kier molecular flexibility index (Phi) is 6.23. The van der Waals surface area contributed by atoms with E-state index in [-0.39, 0.29) is 17.4 Å². The molecule has 0 aliphatic heterocycles. The fourth-order valence-corrected chi connectivity index (χ4v) is 3.76. The molecular formula is C18H16Br2N4O2S. The molecule has 3 N–H and O–H groups in total. The minimum Gasteiger partial charge on any atom is -0.507 e. The van der Waals surface area contributed by atoms with Gasteiger partial charge in [0.25, 0.3) is 0 Å². The van der Waals surface area contributed by atoms with Gasteiger partial charge in [-0.25, -0.2) is 4.98 Å². The Morgan fingerprint density at radius 3 is 2.78 bits per heavy atom. The highest BCUT2D eigenvalue weighted by molar-refractivity contribution is 9.10. The normalized spacial score (nSPS) is 10.8. The second-order valence-corrected chi connectivity index (χ2v) is 8.52. The second-order valence-electron chi connectivity index (χ2n) is 5.81. The summed E-state index contributed by atoms with van der Waals surface area (Å²) in [4.78, 5) is 16.6. The summed E-state index contributed by atoms with van der Waals surface area (Å²) in [5.41, 5.74) is 3.44. The summed E-state index contributed by atoms with van der Waals surface area (Å²) in [5.74, 6) is 0.582. The van der Waals surface area contributed by atoms with Crippen LogP contribution in [0.2, 0.25) is 0 Å². The van der Waals surface area contributed by atoms with Crippen molar-refractivity contribution in [3.05, 3.63) is 50.4 Å². The number of benzene rings is 2. The number of anilines is 1. The summed E-state index contributed by atoms with van der Waals surface area (Å²) in [5, 5.41) is 20.2. The van der Waals surface area contributed by atoms with Crippen LogP contribution in [0.4, 0.5) is 5.69 Å². The quantitative estimate of drug-likeness (QED) is 0.417. The Morgan fingerprint density at radius 1 is 1.22 bits per heavy atom. The standard InChI is InChI=1S/C18H16Br2N4O2S/c1-9-10(2)14(5-4-13(9)20)21-16(26)8-27-18-22-17(23-24-18)12-7-11(19)3-6-15(12)25/h3-7,25H,8H2,1-2H3,(H,21,26)(H,22,23,24). The van der Waals surface area contributed by atoms with Crippen molar-refractivity contribution in [2.45, 2.75) is 19.0 Å². The second kappa shape index (κ2) is 8.45. The van der Waals surface area contributed by atoms with Gasteiger partial charge in [-0.15, -0.1) is 5.10 Å². The first-order valence-electron chi connectivity index (χ1n) is 7.95. The molecule has 0 bridgehead atoms. The lowest BCUT2D eigenvalue weighted by molar-refractivity contribution is -0.113. The van der Waals surface area contributed by atoms with Crippen LogP contribution in [0.5, 0.6) is 5.75 Å². The molecule has 9 heteroatoms. The van der Waals surface area contributed by atoms with Gasteiger partial charge in [-0.05, 0) is 55.3 Å². The number of rotatable bonds is 5. The molecule has 0 fully saturated rings. The molecular weight excluding hydrogens is 496 g/mol. The number of halogens is 2. The van der Waals surface area contributed by atoms with Gasteiger partial charge >= 0.3 is 0 Å². The van der Waals surface area contributed by atoms with Crippen LogP contribution in [0.15, 0.2) is 44.4 Å². The zero-order valence-electron chi connectivity index (χ0n) is 14.5. The minimum atomic E-state index is -0.138. The lowest BCUT2D eigenvalue weighted by atomic mass is 10.1. The molecule has 1 heterocycles. The molecule has 2 aromatic carbocycles. The molecule has 0 atom stereocenters. The maximum absolute atomic E-state index is 12.3. The topological polar surface area (TPSA) is 90.9 Å². The van der Waals surface area contributed by atoms with Crippen molar-refractivity contribution in [3.63, 3.8) is 0 Å². The van der Waals surface area contributed by atoms with Crippen LogP contribution < -0.4 is 5.32 Å². The Morgan fingerprint density at radius 2 is 2.00 bits per heavy atom. The lowest BCUT2D eigenvalue weighted by Crippen LogP contribution is -2.15. The smallest absolute Gasteiger partial charge is 0.234 e. The molecule has 140 valence electrons. The largest absolute Gasteiger partial charge is 0.507 e. The number of H-pyrrole nitrogens is 1. The Hall–Kier alpha value is -1.84. The SMILES string of the molecule is Cc1c(Br)ccc(NC(=O)CSc2n[nH]c(-c3cc(Br)ccc3O)n2)c1C. The Balaban J connectivity index is 1.64. The number of aromatic amines is 1. The highest BCUT2D eigenvalue weighted by atomic mass is 79.9. The van der Waals surface area contributed by atoms with E-state index in [4.69, 9.17) is 0 Å². The molecule has 1 aromatic heterocycles. The third-order valence-corrected chi connectivity index (χ3v) is 6.21. The van der Waals surface area contributed by atoms with Crippen LogP contribution in [0.3, 0.4) is 0 Å². The van der Waals surface area contributed by atoms with Crippen LogP contribution in [0.1, 0.15) is 11.1 Å². The molecule has 1 amide bonds. The van der Waals surface area contributed by atoms with Gasteiger partial charge in [0.1, 0.15) is 5.75 Å². The van der Waals surface area contributed by atoms with Gasteiger partial charge in [-0.3, -0.25) is 9.89 Å². The number of nitrogens with zero attached hydrogens (tertiary/aromatic N) is 2. The fraction of sp³-hybridized carbons (Fsp3) is 0.167. The molecule has 3 aromatic rings. The van der Waals surface area contributed by atoms with Gasteiger partial charge in [-0.1, -0.05) is 43.6 Å². The van der Waals surface area contributed by atoms with Gasteiger partial charge in [0.2, 0.25) is 11.1 Å². The number of carbonyl (C=O) groups excluding carboxylic acids is 1. The maximum atomic E-state index is 12.3. The van der Waals surface area contributed by atoms with E-state index >= 15 is 0 Å². The first-order chi connectivity index (χ1) is 12.8. The highest BCUT2D eigenvalue weighted by Crippen LogP contribution is 2.30. The number of amides is 1. The number of hydrogen-bond donors (Lipinski definition) is 3. The monoisotopic (exact) mass is 510 g/mol. The zero-order valence-corrected chi connectivity index (χ0v) is 18.5. The van der Waals surface area contributed by atoms with Crippen molar-refractivity contribution in [3.8, 4) is 17.1 Å². The van der Waals surface area contributed by atoms with E-state index < -0.39 is 0 Å². The first kappa shape index (κ1) is 19.9. The molecule has 6 nitrogen and oxygen atoms in total. The van der Waals surface area contributed by atoms with E-state index in [9.17, 15) is 9.90 Å². The number of phenols is 1. The van der Waals surface area contributed by atoms with Gasteiger partial charge in [0, 0.05) is 14.6 Å². The number of thioether (sulfide) groups is 1. The first-order valence-corrected chi connectivity index (χ1v) is 10.5. The molecule has 0 aliphatic carbocycles. The predicted octanol–water partition coefficient (Wildman–Crippen LogP) is 5.05. The number of carbonyl (C=O) groups is 1. The molecule has 3 rings (SSSR count). The molecule has 0 aliphatic rings. The lowest BCUT2D eigenvalue weighted by Gasteiger charge is -2.11. The molecule has 0 spiro atoms. The van der Waals surface area contributed by atoms with Crippen LogP contribution >= 0.6 is 43.6 Å². The van der Waals surface area contributed by atoms with E-state index in [1.54, 1.807) is 18.2 Å². The van der Waals surface area contributed by atoms with E-state index in [0.29, 0.717) is 16.5 Å². The third kappa shape index (κ3) is 4.72.